The molecule has 1 N–H and O–H groups in total. The molecule has 0 aliphatic rings. The molecule has 0 unspecified atom stereocenters. The third-order valence-corrected chi connectivity index (χ3v) is 5.03. The molecule has 0 spiro atoms. The predicted molar refractivity (Wildman–Crippen MR) is 98.6 cm³/mol. The maximum Gasteiger partial charge on any atom is 0.307 e. The number of carbonyl (C=O) groups is 1. The quantitative estimate of drug-likeness (QED) is 0.537. The van der Waals surface area contributed by atoms with Crippen molar-refractivity contribution in [1.29, 1.82) is 0 Å². The summed E-state index contributed by atoms with van der Waals surface area (Å²) in [7, 11) is -3.62. The lowest BCUT2D eigenvalue weighted by Gasteiger charge is -2.09. The van der Waals surface area contributed by atoms with Crippen molar-refractivity contribution in [3.8, 4) is 5.75 Å². The maximum atomic E-state index is 12.1. The SMILES string of the molecule is Cc1ccc(S(=O)(=O)NCCC(=O)OCCOc2cccc(C)c2)cc1. The van der Waals surface area contributed by atoms with Gasteiger partial charge in [0, 0.05) is 6.54 Å². The van der Waals surface area contributed by atoms with Gasteiger partial charge in [0.1, 0.15) is 19.0 Å². The number of hydrogen-bond acceptors (Lipinski definition) is 5. The zero-order chi connectivity index (χ0) is 19.0. The van der Waals surface area contributed by atoms with Gasteiger partial charge in [-0.1, -0.05) is 29.8 Å². The summed E-state index contributed by atoms with van der Waals surface area (Å²) in [6, 6.07) is 14.1. The highest BCUT2D eigenvalue weighted by molar-refractivity contribution is 7.89. The van der Waals surface area contributed by atoms with Crippen LogP contribution in [0.4, 0.5) is 0 Å². The van der Waals surface area contributed by atoms with Crippen LogP contribution in [0.25, 0.3) is 0 Å². The molecule has 0 aliphatic heterocycles. The standard InChI is InChI=1S/C19H23NO5S/c1-15-6-8-18(9-7-15)26(22,23)20-11-10-19(21)25-13-12-24-17-5-3-4-16(2)14-17/h3-9,14,20H,10-13H2,1-2H3. The zero-order valence-electron chi connectivity index (χ0n) is 14.9. The molecule has 0 bridgehead atoms. The summed E-state index contributed by atoms with van der Waals surface area (Å²) in [5.41, 5.74) is 2.06. The van der Waals surface area contributed by atoms with E-state index >= 15 is 0 Å². The van der Waals surface area contributed by atoms with Crippen molar-refractivity contribution in [3.05, 3.63) is 59.7 Å². The van der Waals surface area contributed by atoms with Crippen LogP contribution in [-0.2, 0) is 19.6 Å². The molecule has 2 aromatic rings. The van der Waals surface area contributed by atoms with Crippen LogP contribution >= 0.6 is 0 Å². The molecule has 2 aromatic carbocycles. The third kappa shape index (κ3) is 6.50. The van der Waals surface area contributed by atoms with Crippen LogP contribution in [0.15, 0.2) is 53.4 Å². The summed E-state index contributed by atoms with van der Waals surface area (Å²) < 4.78 is 37.1. The molecular weight excluding hydrogens is 354 g/mol. The van der Waals surface area contributed by atoms with Gasteiger partial charge in [0.15, 0.2) is 0 Å². The van der Waals surface area contributed by atoms with Crippen LogP contribution in [-0.4, -0.2) is 34.1 Å². The van der Waals surface area contributed by atoms with Crippen molar-refractivity contribution in [2.75, 3.05) is 19.8 Å². The zero-order valence-corrected chi connectivity index (χ0v) is 15.7. The number of nitrogens with one attached hydrogen (secondary N) is 1. The van der Waals surface area contributed by atoms with Crippen LogP contribution in [0.3, 0.4) is 0 Å². The van der Waals surface area contributed by atoms with Crippen LogP contribution in [0.5, 0.6) is 5.75 Å². The molecule has 0 atom stereocenters. The number of carbonyl (C=O) groups excluding carboxylic acids is 1. The maximum absolute atomic E-state index is 12.1. The van der Waals surface area contributed by atoms with Gasteiger partial charge in [-0.15, -0.1) is 0 Å². The fourth-order valence-electron chi connectivity index (χ4n) is 2.18. The smallest absolute Gasteiger partial charge is 0.307 e. The van der Waals surface area contributed by atoms with Gasteiger partial charge in [-0.25, -0.2) is 13.1 Å². The van der Waals surface area contributed by atoms with Crippen LogP contribution in [0.1, 0.15) is 17.5 Å². The molecule has 0 radical (unpaired) electrons. The molecule has 2 rings (SSSR count). The van der Waals surface area contributed by atoms with Crippen LogP contribution in [0, 0.1) is 13.8 Å². The van der Waals surface area contributed by atoms with E-state index in [1.807, 2.05) is 38.1 Å². The lowest BCUT2D eigenvalue weighted by atomic mass is 10.2. The molecule has 0 aliphatic carbocycles. The number of ether oxygens (including phenoxy) is 2. The van der Waals surface area contributed by atoms with Gasteiger partial charge in [-0.2, -0.15) is 0 Å². The van der Waals surface area contributed by atoms with Crippen molar-refractivity contribution < 1.29 is 22.7 Å². The average molecular weight is 377 g/mol. The molecular formula is C19H23NO5S. The average Bonchev–Trinajstić information content (AvgIpc) is 2.59. The van der Waals surface area contributed by atoms with E-state index in [9.17, 15) is 13.2 Å². The molecule has 0 fully saturated rings. The minimum absolute atomic E-state index is 0.0201. The van der Waals surface area contributed by atoms with E-state index in [0.717, 1.165) is 11.1 Å². The lowest BCUT2D eigenvalue weighted by molar-refractivity contribution is -0.144. The van der Waals surface area contributed by atoms with Crippen molar-refractivity contribution in [1.82, 2.24) is 4.72 Å². The first-order chi connectivity index (χ1) is 12.4. The van der Waals surface area contributed by atoms with E-state index < -0.39 is 16.0 Å². The number of aryl methyl sites for hydroxylation is 2. The Balaban J connectivity index is 1.66. The van der Waals surface area contributed by atoms with E-state index in [2.05, 4.69) is 4.72 Å². The molecule has 0 heterocycles. The number of esters is 1. The number of rotatable bonds is 9. The Morgan fingerprint density at radius 1 is 1.00 bits per heavy atom. The Kier molecular flexibility index (Phi) is 7.17. The summed E-state index contributed by atoms with van der Waals surface area (Å²) in [5, 5.41) is 0. The van der Waals surface area contributed by atoms with Gasteiger partial charge in [-0.3, -0.25) is 4.79 Å². The van der Waals surface area contributed by atoms with E-state index in [1.165, 1.54) is 12.1 Å². The molecule has 7 heteroatoms. The second kappa shape index (κ2) is 9.35. The molecule has 0 amide bonds. The fraction of sp³-hybridized carbons (Fsp3) is 0.316. The highest BCUT2D eigenvalue weighted by Crippen LogP contribution is 2.12. The van der Waals surface area contributed by atoms with Crippen LogP contribution < -0.4 is 9.46 Å². The minimum Gasteiger partial charge on any atom is -0.490 e. The summed E-state index contributed by atoms with van der Waals surface area (Å²) >= 11 is 0. The van der Waals surface area contributed by atoms with E-state index in [-0.39, 0.29) is 31.1 Å². The number of hydrogen-bond donors (Lipinski definition) is 1. The molecule has 0 aromatic heterocycles. The number of sulfonamides is 1. The normalized spacial score (nSPS) is 11.2. The summed E-state index contributed by atoms with van der Waals surface area (Å²) in [5.74, 6) is 0.233. The summed E-state index contributed by atoms with van der Waals surface area (Å²) in [6.07, 6.45) is -0.0461. The van der Waals surface area contributed by atoms with E-state index in [1.54, 1.807) is 12.1 Å². The molecule has 26 heavy (non-hydrogen) atoms. The second-order valence-corrected chi connectivity index (χ2v) is 7.61. The van der Waals surface area contributed by atoms with Gasteiger partial charge < -0.3 is 9.47 Å². The minimum atomic E-state index is -3.62. The predicted octanol–water partition coefficient (Wildman–Crippen LogP) is 2.59. The highest BCUT2D eigenvalue weighted by Gasteiger charge is 2.14. The Morgan fingerprint density at radius 3 is 2.42 bits per heavy atom. The Bertz CT molecular complexity index is 831. The van der Waals surface area contributed by atoms with Gasteiger partial charge in [0.2, 0.25) is 10.0 Å². The first-order valence-corrected chi connectivity index (χ1v) is 9.76. The topological polar surface area (TPSA) is 81.7 Å². The van der Waals surface area contributed by atoms with Gasteiger partial charge in [-0.05, 0) is 43.7 Å². The van der Waals surface area contributed by atoms with E-state index in [4.69, 9.17) is 9.47 Å². The molecule has 6 nitrogen and oxygen atoms in total. The molecule has 0 saturated carbocycles. The van der Waals surface area contributed by atoms with Crippen molar-refractivity contribution in [2.24, 2.45) is 0 Å². The number of benzene rings is 2. The monoisotopic (exact) mass is 377 g/mol. The Hall–Kier alpha value is -2.38. The second-order valence-electron chi connectivity index (χ2n) is 5.85. The molecule has 0 saturated heterocycles. The van der Waals surface area contributed by atoms with E-state index in [0.29, 0.717) is 5.75 Å². The Labute approximate surface area is 154 Å². The van der Waals surface area contributed by atoms with Crippen molar-refractivity contribution >= 4 is 16.0 Å². The lowest BCUT2D eigenvalue weighted by Crippen LogP contribution is -2.27. The first-order valence-electron chi connectivity index (χ1n) is 8.28. The largest absolute Gasteiger partial charge is 0.490 e. The summed E-state index contributed by atoms with van der Waals surface area (Å²) in [4.78, 5) is 11.8. The Morgan fingerprint density at radius 2 is 1.73 bits per heavy atom. The van der Waals surface area contributed by atoms with Crippen LogP contribution in [0.2, 0.25) is 0 Å². The third-order valence-electron chi connectivity index (χ3n) is 3.56. The van der Waals surface area contributed by atoms with Gasteiger partial charge in [0.25, 0.3) is 0 Å². The highest BCUT2D eigenvalue weighted by atomic mass is 32.2. The van der Waals surface area contributed by atoms with Gasteiger partial charge in [0.05, 0.1) is 11.3 Å². The van der Waals surface area contributed by atoms with Gasteiger partial charge >= 0.3 is 5.97 Å². The first kappa shape index (κ1) is 19.9. The van der Waals surface area contributed by atoms with Crippen molar-refractivity contribution in [2.45, 2.75) is 25.2 Å². The fourth-order valence-corrected chi connectivity index (χ4v) is 3.21. The molecule has 140 valence electrons. The van der Waals surface area contributed by atoms with Crippen molar-refractivity contribution in [3.63, 3.8) is 0 Å². The summed E-state index contributed by atoms with van der Waals surface area (Å²) in [6.45, 7) is 4.17.